The summed E-state index contributed by atoms with van der Waals surface area (Å²) in [5.74, 6) is -0.322. The molecule has 0 saturated heterocycles. The fourth-order valence-corrected chi connectivity index (χ4v) is 3.79. The highest BCUT2D eigenvalue weighted by Crippen LogP contribution is 2.40. The topological polar surface area (TPSA) is 58.2 Å². The predicted molar refractivity (Wildman–Crippen MR) is 98.7 cm³/mol. The molecule has 2 aliphatic rings. The zero-order valence-electron chi connectivity index (χ0n) is 14.1. The van der Waals surface area contributed by atoms with E-state index in [1.54, 1.807) is 0 Å². The van der Waals surface area contributed by atoms with E-state index < -0.39 is 0 Å². The third kappa shape index (κ3) is 4.38. The maximum Gasteiger partial charge on any atom is 0.228 e. The number of hydrogen-bond acceptors (Lipinski definition) is 2. The number of carbonyl (C=O) groups is 2. The average Bonchev–Trinajstić information content (AvgIpc) is 3.35. The highest BCUT2D eigenvalue weighted by molar-refractivity contribution is 9.10. The summed E-state index contributed by atoms with van der Waals surface area (Å²) in [4.78, 5) is 24.7. The molecular weight excluding hydrogens is 368 g/mol. The van der Waals surface area contributed by atoms with Crippen molar-refractivity contribution >= 4 is 33.4 Å². The van der Waals surface area contributed by atoms with Gasteiger partial charge in [-0.2, -0.15) is 0 Å². The molecule has 2 fully saturated rings. The minimum atomic E-state index is -0.184. The van der Waals surface area contributed by atoms with Crippen molar-refractivity contribution < 1.29 is 9.59 Å². The lowest BCUT2D eigenvalue weighted by Crippen LogP contribution is -2.36. The van der Waals surface area contributed by atoms with Gasteiger partial charge in [-0.1, -0.05) is 47.7 Å². The van der Waals surface area contributed by atoms with Gasteiger partial charge in [-0.15, -0.1) is 0 Å². The van der Waals surface area contributed by atoms with Gasteiger partial charge in [0.05, 0.1) is 11.8 Å². The summed E-state index contributed by atoms with van der Waals surface area (Å²) >= 11 is 3.47. The molecule has 2 atom stereocenters. The van der Waals surface area contributed by atoms with Gasteiger partial charge in [-0.05, 0) is 43.9 Å². The molecule has 0 aliphatic heterocycles. The van der Waals surface area contributed by atoms with Crippen molar-refractivity contribution in [3.8, 4) is 0 Å². The summed E-state index contributed by atoms with van der Waals surface area (Å²) in [7, 11) is 0. The molecule has 3 rings (SSSR count). The Bertz CT molecular complexity index is 624. The van der Waals surface area contributed by atoms with Gasteiger partial charge in [0.2, 0.25) is 11.8 Å². The molecule has 2 aliphatic carbocycles. The van der Waals surface area contributed by atoms with Crippen molar-refractivity contribution in [1.29, 1.82) is 0 Å². The van der Waals surface area contributed by atoms with Gasteiger partial charge in [0.1, 0.15) is 0 Å². The minimum Gasteiger partial charge on any atom is -0.353 e. The Kier molecular flexibility index (Phi) is 5.59. The largest absolute Gasteiger partial charge is 0.353 e. The average molecular weight is 393 g/mol. The molecule has 24 heavy (non-hydrogen) atoms. The first kappa shape index (κ1) is 17.5. The molecule has 4 nitrogen and oxygen atoms in total. The number of anilines is 1. The normalized spacial score (nSPS) is 24.1. The second-order valence-electron chi connectivity index (χ2n) is 7.10. The third-order valence-electron chi connectivity index (χ3n) is 5.10. The SMILES string of the molecule is Cc1ccc(NC(=O)C2CC2C(=O)NC2CCCCCC2)cc1Br. The first-order chi connectivity index (χ1) is 11.5. The number of amides is 2. The van der Waals surface area contributed by atoms with Gasteiger partial charge in [-0.25, -0.2) is 0 Å². The Labute approximate surface area is 151 Å². The molecule has 2 amide bonds. The first-order valence-corrected chi connectivity index (χ1v) is 9.71. The summed E-state index contributed by atoms with van der Waals surface area (Å²) in [6.07, 6.45) is 7.75. The van der Waals surface area contributed by atoms with Gasteiger partial charge in [0, 0.05) is 16.2 Å². The molecule has 1 aromatic rings. The third-order valence-corrected chi connectivity index (χ3v) is 5.96. The predicted octanol–water partition coefficient (Wildman–Crippen LogP) is 4.17. The zero-order valence-corrected chi connectivity index (χ0v) is 15.7. The van der Waals surface area contributed by atoms with Gasteiger partial charge in [0.25, 0.3) is 0 Å². The van der Waals surface area contributed by atoms with Crippen molar-refractivity contribution in [2.75, 3.05) is 5.32 Å². The summed E-state index contributed by atoms with van der Waals surface area (Å²) in [6, 6.07) is 6.05. The van der Waals surface area contributed by atoms with Gasteiger partial charge in [0.15, 0.2) is 0 Å². The lowest BCUT2D eigenvalue weighted by molar-refractivity contribution is -0.125. The van der Waals surface area contributed by atoms with Crippen LogP contribution in [0, 0.1) is 18.8 Å². The lowest BCUT2D eigenvalue weighted by Gasteiger charge is -2.16. The van der Waals surface area contributed by atoms with E-state index in [0.717, 1.165) is 28.6 Å². The standard InChI is InChI=1S/C19H25BrN2O2/c1-12-8-9-14(10-17(12)20)22-19(24)16-11-15(16)18(23)21-13-6-4-2-3-5-7-13/h8-10,13,15-16H,2-7,11H2,1H3,(H,21,23)(H,22,24). The second kappa shape index (κ2) is 7.68. The summed E-state index contributed by atoms with van der Waals surface area (Å²) in [6.45, 7) is 2.00. The van der Waals surface area contributed by atoms with Crippen LogP contribution in [0.1, 0.15) is 50.5 Å². The number of benzene rings is 1. The quantitative estimate of drug-likeness (QED) is 0.755. The molecule has 130 valence electrons. The Morgan fingerprint density at radius 2 is 1.71 bits per heavy atom. The number of aryl methyl sites for hydroxylation is 1. The number of halogens is 1. The molecule has 0 bridgehead atoms. The fraction of sp³-hybridized carbons (Fsp3) is 0.579. The molecule has 2 N–H and O–H groups in total. The molecule has 0 spiro atoms. The fourth-order valence-electron chi connectivity index (χ4n) is 3.41. The molecule has 0 aromatic heterocycles. The van der Waals surface area contributed by atoms with Crippen LogP contribution < -0.4 is 10.6 Å². The number of nitrogens with one attached hydrogen (secondary N) is 2. The van der Waals surface area contributed by atoms with Crippen molar-refractivity contribution in [1.82, 2.24) is 5.32 Å². The van der Waals surface area contributed by atoms with Crippen LogP contribution in [-0.4, -0.2) is 17.9 Å². The first-order valence-electron chi connectivity index (χ1n) is 8.92. The van der Waals surface area contributed by atoms with Crippen LogP contribution in [0.15, 0.2) is 22.7 Å². The van der Waals surface area contributed by atoms with Gasteiger partial charge in [-0.3, -0.25) is 9.59 Å². The van der Waals surface area contributed by atoms with Crippen LogP contribution in [0.3, 0.4) is 0 Å². The summed E-state index contributed by atoms with van der Waals surface area (Å²) in [5, 5.41) is 6.08. The smallest absolute Gasteiger partial charge is 0.228 e. The van der Waals surface area contributed by atoms with Crippen molar-refractivity contribution in [3.05, 3.63) is 28.2 Å². The molecule has 1 aromatic carbocycles. The van der Waals surface area contributed by atoms with Gasteiger partial charge < -0.3 is 10.6 Å². The van der Waals surface area contributed by atoms with Crippen LogP contribution in [-0.2, 0) is 9.59 Å². The Hall–Kier alpha value is -1.36. The van der Waals surface area contributed by atoms with E-state index in [0.29, 0.717) is 12.5 Å². The van der Waals surface area contributed by atoms with E-state index in [9.17, 15) is 9.59 Å². The maximum absolute atomic E-state index is 12.4. The summed E-state index contributed by atoms with van der Waals surface area (Å²) in [5.41, 5.74) is 1.90. The van der Waals surface area contributed by atoms with E-state index in [1.807, 2.05) is 25.1 Å². The maximum atomic E-state index is 12.4. The second-order valence-corrected chi connectivity index (χ2v) is 7.95. The Balaban J connectivity index is 1.49. The van der Waals surface area contributed by atoms with E-state index in [2.05, 4.69) is 26.6 Å². The van der Waals surface area contributed by atoms with Gasteiger partial charge >= 0.3 is 0 Å². The van der Waals surface area contributed by atoms with E-state index >= 15 is 0 Å². The van der Waals surface area contributed by atoms with E-state index in [1.165, 1.54) is 25.7 Å². The monoisotopic (exact) mass is 392 g/mol. The molecule has 2 unspecified atom stereocenters. The highest BCUT2D eigenvalue weighted by atomic mass is 79.9. The number of rotatable bonds is 4. The molecule has 5 heteroatoms. The van der Waals surface area contributed by atoms with E-state index in [4.69, 9.17) is 0 Å². The van der Waals surface area contributed by atoms with Crippen LogP contribution in [0.25, 0.3) is 0 Å². The highest BCUT2D eigenvalue weighted by Gasteiger charge is 2.48. The number of carbonyl (C=O) groups excluding carboxylic acids is 2. The zero-order chi connectivity index (χ0) is 17.1. The molecular formula is C19H25BrN2O2. The lowest BCUT2D eigenvalue weighted by atomic mass is 10.1. The van der Waals surface area contributed by atoms with Crippen LogP contribution in [0.4, 0.5) is 5.69 Å². The van der Waals surface area contributed by atoms with Crippen LogP contribution in [0.2, 0.25) is 0 Å². The van der Waals surface area contributed by atoms with Crippen LogP contribution in [0.5, 0.6) is 0 Å². The molecule has 2 saturated carbocycles. The Morgan fingerprint density at radius 1 is 1.04 bits per heavy atom. The minimum absolute atomic E-state index is 0.0493. The molecule has 0 radical (unpaired) electrons. The Morgan fingerprint density at radius 3 is 2.38 bits per heavy atom. The van der Waals surface area contributed by atoms with Crippen molar-refractivity contribution in [2.24, 2.45) is 11.8 Å². The van der Waals surface area contributed by atoms with Crippen LogP contribution >= 0.6 is 15.9 Å². The number of hydrogen-bond donors (Lipinski definition) is 2. The van der Waals surface area contributed by atoms with Crippen molar-refractivity contribution in [3.63, 3.8) is 0 Å². The summed E-state index contributed by atoms with van der Waals surface area (Å²) < 4.78 is 0.971. The van der Waals surface area contributed by atoms with E-state index in [-0.39, 0.29) is 23.7 Å². The van der Waals surface area contributed by atoms with Crippen molar-refractivity contribution in [2.45, 2.75) is 57.9 Å². The molecule has 0 heterocycles.